The highest BCUT2D eigenvalue weighted by Gasteiger charge is 2.19. The maximum absolute atomic E-state index is 12.0. The number of nitrogens with zero attached hydrogens (tertiary/aromatic N) is 1. The van der Waals surface area contributed by atoms with Gasteiger partial charge in [0.25, 0.3) is 5.91 Å². The highest BCUT2D eigenvalue weighted by molar-refractivity contribution is 5.94. The molecule has 0 atom stereocenters. The van der Waals surface area contributed by atoms with Crippen molar-refractivity contribution in [2.45, 2.75) is 38.6 Å². The van der Waals surface area contributed by atoms with E-state index >= 15 is 0 Å². The summed E-state index contributed by atoms with van der Waals surface area (Å²) in [4.78, 5) is 27.6. The van der Waals surface area contributed by atoms with Gasteiger partial charge in [-0.2, -0.15) is 0 Å². The van der Waals surface area contributed by atoms with Crippen LogP contribution in [0, 0.1) is 0 Å². The van der Waals surface area contributed by atoms with E-state index in [4.69, 9.17) is 4.74 Å². The van der Waals surface area contributed by atoms with E-state index in [0.29, 0.717) is 6.61 Å². The summed E-state index contributed by atoms with van der Waals surface area (Å²) < 4.78 is 4.86. The molecule has 5 nitrogen and oxygen atoms in total. The summed E-state index contributed by atoms with van der Waals surface area (Å²) in [5.41, 5.74) is 0.429. The number of esters is 1. The van der Waals surface area contributed by atoms with Crippen molar-refractivity contribution in [3.8, 4) is 0 Å². The van der Waals surface area contributed by atoms with Crippen LogP contribution >= 0.6 is 0 Å². The first-order chi connectivity index (χ1) is 9.20. The Morgan fingerprint density at radius 1 is 1.32 bits per heavy atom. The molecular weight excluding hydrogens is 244 g/mol. The van der Waals surface area contributed by atoms with E-state index in [1.807, 2.05) is 0 Å². The Kier molecular flexibility index (Phi) is 4.49. The van der Waals surface area contributed by atoms with Gasteiger partial charge in [-0.25, -0.2) is 9.78 Å². The van der Waals surface area contributed by atoms with Crippen LogP contribution in [0.25, 0.3) is 0 Å². The number of carbonyl (C=O) groups is 2. The second-order valence-electron chi connectivity index (χ2n) is 4.58. The van der Waals surface area contributed by atoms with Crippen molar-refractivity contribution in [2.24, 2.45) is 0 Å². The first-order valence-corrected chi connectivity index (χ1v) is 6.65. The van der Waals surface area contributed by atoms with Gasteiger partial charge in [0.15, 0.2) is 0 Å². The second kappa shape index (κ2) is 6.31. The monoisotopic (exact) mass is 262 g/mol. The Morgan fingerprint density at radius 3 is 2.68 bits per heavy atom. The van der Waals surface area contributed by atoms with Gasteiger partial charge >= 0.3 is 5.97 Å². The van der Waals surface area contributed by atoms with Crippen molar-refractivity contribution < 1.29 is 14.3 Å². The summed E-state index contributed by atoms with van der Waals surface area (Å²) in [7, 11) is 0. The van der Waals surface area contributed by atoms with Crippen LogP contribution in [0.4, 0.5) is 0 Å². The van der Waals surface area contributed by atoms with Gasteiger partial charge < -0.3 is 10.1 Å². The normalized spacial score (nSPS) is 15.2. The summed E-state index contributed by atoms with van der Waals surface area (Å²) in [5.74, 6) is -0.726. The summed E-state index contributed by atoms with van der Waals surface area (Å²) >= 11 is 0. The molecule has 0 bridgehead atoms. The highest BCUT2D eigenvalue weighted by atomic mass is 16.5. The van der Waals surface area contributed by atoms with Gasteiger partial charge in [0, 0.05) is 6.04 Å². The first kappa shape index (κ1) is 13.5. The second-order valence-corrected chi connectivity index (χ2v) is 4.58. The highest BCUT2D eigenvalue weighted by Crippen LogP contribution is 2.18. The molecule has 1 N–H and O–H groups in total. The van der Waals surface area contributed by atoms with E-state index in [1.54, 1.807) is 25.1 Å². The van der Waals surface area contributed by atoms with Crippen molar-refractivity contribution in [1.82, 2.24) is 10.3 Å². The molecule has 102 valence electrons. The van der Waals surface area contributed by atoms with Gasteiger partial charge in [0.1, 0.15) is 11.4 Å². The number of pyridine rings is 1. The molecule has 1 aliphatic carbocycles. The van der Waals surface area contributed by atoms with Crippen molar-refractivity contribution in [2.75, 3.05) is 6.61 Å². The van der Waals surface area contributed by atoms with Crippen LogP contribution in [0.3, 0.4) is 0 Å². The minimum absolute atomic E-state index is 0.168. The number of hydrogen-bond donors (Lipinski definition) is 1. The molecule has 1 saturated carbocycles. The fraction of sp³-hybridized carbons (Fsp3) is 0.500. The van der Waals surface area contributed by atoms with Crippen molar-refractivity contribution >= 4 is 11.9 Å². The minimum atomic E-state index is -0.502. The van der Waals surface area contributed by atoms with E-state index in [1.165, 1.54) is 0 Å². The smallest absolute Gasteiger partial charge is 0.356 e. The quantitative estimate of drug-likeness (QED) is 0.842. The Bertz CT molecular complexity index is 468. The lowest BCUT2D eigenvalue weighted by Crippen LogP contribution is -2.33. The molecule has 19 heavy (non-hydrogen) atoms. The number of hydrogen-bond acceptors (Lipinski definition) is 4. The average molecular weight is 262 g/mol. The number of aromatic nitrogens is 1. The molecule has 1 aliphatic rings. The largest absolute Gasteiger partial charge is 0.461 e. The van der Waals surface area contributed by atoms with E-state index in [0.717, 1.165) is 25.7 Å². The lowest BCUT2D eigenvalue weighted by atomic mass is 10.2. The van der Waals surface area contributed by atoms with Crippen molar-refractivity contribution in [3.05, 3.63) is 29.6 Å². The number of rotatable bonds is 4. The van der Waals surface area contributed by atoms with Crippen LogP contribution in [0.1, 0.15) is 53.6 Å². The van der Waals surface area contributed by atoms with Crippen molar-refractivity contribution in [3.63, 3.8) is 0 Å². The molecule has 1 amide bonds. The van der Waals surface area contributed by atoms with Crippen LogP contribution < -0.4 is 5.32 Å². The van der Waals surface area contributed by atoms with E-state index in [2.05, 4.69) is 10.3 Å². The van der Waals surface area contributed by atoms with E-state index in [9.17, 15) is 9.59 Å². The van der Waals surface area contributed by atoms with E-state index in [-0.39, 0.29) is 23.3 Å². The third-order valence-electron chi connectivity index (χ3n) is 3.16. The summed E-state index contributed by atoms with van der Waals surface area (Å²) in [6, 6.07) is 5.03. The summed E-state index contributed by atoms with van der Waals surface area (Å²) in [6.07, 6.45) is 4.34. The molecule has 5 heteroatoms. The van der Waals surface area contributed by atoms with Crippen LogP contribution in [0.5, 0.6) is 0 Å². The molecule has 0 aliphatic heterocycles. The average Bonchev–Trinajstić information content (AvgIpc) is 2.92. The van der Waals surface area contributed by atoms with Gasteiger partial charge in [-0.15, -0.1) is 0 Å². The topological polar surface area (TPSA) is 68.3 Å². The van der Waals surface area contributed by atoms with Crippen LogP contribution in [0.15, 0.2) is 18.2 Å². The Balaban J connectivity index is 2.04. The third kappa shape index (κ3) is 3.53. The number of ether oxygens (including phenoxy) is 1. The standard InChI is InChI=1S/C14H18N2O3/c1-2-19-14(18)12-9-5-8-11(16-12)13(17)15-10-6-3-4-7-10/h5,8-10H,2-4,6-7H2,1H3,(H,15,17). The molecule has 0 saturated heterocycles. The predicted octanol–water partition coefficient (Wildman–Crippen LogP) is 1.93. The van der Waals surface area contributed by atoms with Crippen LogP contribution in [0.2, 0.25) is 0 Å². The molecule has 2 rings (SSSR count). The van der Waals surface area contributed by atoms with Gasteiger partial charge in [0.2, 0.25) is 0 Å². The number of carbonyl (C=O) groups excluding carboxylic acids is 2. The molecule has 1 fully saturated rings. The zero-order valence-corrected chi connectivity index (χ0v) is 11.0. The molecule has 0 aromatic carbocycles. The lowest BCUT2D eigenvalue weighted by molar-refractivity contribution is 0.0519. The van der Waals surface area contributed by atoms with Gasteiger partial charge in [-0.3, -0.25) is 4.79 Å². The maximum atomic E-state index is 12.0. The Labute approximate surface area is 112 Å². The third-order valence-corrected chi connectivity index (χ3v) is 3.16. The van der Waals surface area contributed by atoms with Gasteiger partial charge in [0.05, 0.1) is 6.61 Å². The Hall–Kier alpha value is -1.91. The molecular formula is C14H18N2O3. The van der Waals surface area contributed by atoms with Crippen molar-refractivity contribution in [1.29, 1.82) is 0 Å². The molecule has 1 aromatic heterocycles. The minimum Gasteiger partial charge on any atom is -0.461 e. The molecule has 0 spiro atoms. The molecule has 0 unspecified atom stereocenters. The number of nitrogens with one attached hydrogen (secondary N) is 1. The van der Waals surface area contributed by atoms with Crippen LogP contribution in [-0.4, -0.2) is 29.5 Å². The molecule has 1 heterocycles. The SMILES string of the molecule is CCOC(=O)c1cccc(C(=O)NC2CCCC2)n1. The predicted molar refractivity (Wildman–Crippen MR) is 69.9 cm³/mol. The summed E-state index contributed by atoms with van der Waals surface area (Å²) in [6.45, 7) is 2.02. The Morgan fingerprint density at radius 2 is 2.00 bits per heavy atom. The fourth-order valence-electron chi connectivity index (χ4n) is 2.21. The van der Waals surface area contributed by atoms with E-state index < -0.39 is 5.97 Å². The summed E-state index contributed by atoms with van der Waals surface area (Å²) in [5, 5.41) is 2.94. The number of amides is 1. The molecule has 1 aromatic rings. The maximum Gasteiger partial charge on any atom is 0.356 e. The fourth-order valence-corrected chi connectivity index (χ4v) is 2.21. The van der Waals surface area contributed by atoms with Gasteiger partial charge in [-0.1, -0.05) is 18.9 Å². The zero-order chi connectivity index (χ0) is 13.7. The zero-order valence-electron chi connectivity index (χ0n) is 11.0. The van der Waals surface area contributed by atoms with Crippen LogP contribution in [-0.2, 0) is 4.74 Å². The van der Waals surface area contributed by atoms with Gasteiger partial charge in [-0.05, 0) is 31.9 Å². The molecule has 0 radical (unpaired) electrons. The lowest BCUT2D eigenvalue weighted by Gasteiger charge is -2.11. The first-order valence-electron chi connectivity index (χ1n) is 6.65.